The summed E-state index contributed by atoms with van der Waals surface area (Å²) >= 11 is 0. The monoisotopic (exact) mass is 346 g/mol. The van der Waals surface area contributed by atoms with Gasteiger partial charge in [-0.1, -0.05) is 88.3 Å². The number of benzene rings is 1. The summed E-state index contributed by atoms with van der Waals surface area (Å²) < 4.78 is 0. The lowest BCUT2D eigenvalue weighted by atomic mass is 9.68. The Labute approximate surface area is 157 Å². The Balaban J connectivity index is 3.51. The molecule has 0 aliphatic heterocycles. The molecule has 1 heteroatoms. The van der Waals surface area contributed by atoms with Crippen LogP contribution in [0.5, 0.6) is 5.75 Å². The molecule has 0 unspecified atom stereocenters. The van der Waals surface area contributed by atoms with Gasteiger partial charge in [0.05, 0.1) is 0 Å². The Morgan fingerprint density at radius 1 is 0.720 bits per heavy atom. The highest BCUT2D eigenvalue weighted by Crippen LogP contribution is 2.45. The smallest absolute Gasteiger partial charge is 0.122 e. The maximum Gasteiger partial charge on any atom is 0.122 e. The van der Waals surface area contributed by atoms with Crippen LogP contribution in [0.4, 0.5) is 0 Å². The second kappa shape index (κ2) is 6.97. The van der Waals surface area contributed by atoms with Crippen molar-refractivity contribution in [2.45, 2.75) is 106 Å². The SMILES string of the molecule is CCc1cc(C(C)(C)CC(C)(C)C)cc(C(C)(C)CC(C)(C)C)c1O. The number of hydrogen-bond acceptors (Lipinski definition) is 1. The first-order valence-corrected chi connectivity index (χ1v) is 9.85. The molecule has 25 heavy (non-hydrogen) atoms. The van der Waals surface area contributed by atoms with Crippen molar-refractivity contribution in [2.24, 2.45) is 10.8 Å². The maximum atomic E-state index is 10.9. The summed E-state index contributed by atoms with van der Waals surface area (Å²) in [6.07, 6.45) is 3.02. The van der Waals surface area contributed by atoms with Gasteiger partial charge in [-0.25, -0.2) is 0 Å². The Hall–Kier alpha value is -0.980. The normalized spacial score (nSPS) is 14.0. The molecule has 1 aromatic rings. The topological polar surface area (TPSA) is 20.2 Å². The fraction of sp³-hybridized carbons (Fsp3) is 0.750. The van der Waals surface area contributed by atoms with Gasteiger partial charge in [0.15, 0.2) is 0 Å². The molecule has 0 aliphatic rings. The standard InChI is InChI=1S/C24H42O/c1-12-17-13-18(23(8,9)15-21(2,3)4)14-19(20(17)25)24(10,11)16-22(5,6)7/h13-14,25H,12,15-16H2,1-11H3. The molecule has 0 bridgehead atoms. The molecule has 0 atom stereocenters. The number of aryl methyl sites for hydroxylation is 1. The summed E-state index contributed by atoms with van der Waals surface area (Å²) in [5, 5.41) is 10.9. The zero-order valence-electron chi connectivity index (χ0n) is 18.7. The molecule has 0 saturated carbocycles. The minimum atomic E-state index is -0.0555. The van der Waals surface area contributed by atoms with E-state index in [0.29, 0.717) is 5.75 Å². The Kier molecular flexibility index (Phi) is 6.15. The third-order valence-electron chi connectivity index (χ3n) is 5.02. The van der Waals surface area contributed by atoms with E-state index < -0.39 is 0 Å². The first-order chi connectivity index (χ1) is 11.0. The Morgan fingerprint density at radius 3 is 1.56 bits per heavy atom. The second-order valence-corrected chi connectivity index (χ2v) is 11.6. The van der Waals surface area contributed by atoms with Crippen molar-refractivity contribution in [1.82, 2.24) is 0 Å². The van der Waals surface area contributed by atoms with Crippen molar-refractivity contribution in [2.75, 3.05) is 0 Å². The molecule has 0 heterocycles. The van der Waals surface area contributed by atoms with Crippen LogP contribution in [-0.4, -0.2) is 5.11 Å². The van der Waals surface area contributed by atoms with Gasteiger partial charge in [-0.15, -0.1) is 0 Å². The van der Waals surface area contributed by atoms with E-state index in [1.807, 2.05) is 0 Å². The summed E-state index contributed by atoms with van der Waals surface area (Å²) in [4.78, 5) is 0. The van der Waals surface area contributed by atoms with E-state index >= 15 is 0 Å². The molecule has 1 N–H and O–H groups in total. The molecule has 1 aromatic carbocycles. The number of hydrogen-bond donors (Lipinski definition) is 1. The average molecular weight is 347 g/mol. The minimum absolute atomic E-state index is 0.0555. The van der Waals surface area contributed by atoms with Crippen molar-refractivity contribution in [1.29, 1.82) is 0 Å². The maximum absolute atomic E-state index is 10.9. The molecule has 0 fully saturated rings. The summed E-state index contributed by atoms with van der Waals surface area (Å²) in [7, 11) is 0. The van der Waals surface area contributed by atoms with E-state index in [1.165, 1.54) is 5.56 Å². The van der Waals surface area contributed by atoms with E-state index in [2.05, 4.69) is 88.3 Å². The largest absolute Gasteiger partial charge is 0.507 e. The summed E-state index contributed by atoms with van der Waals surface area (Å²) in [5.41, 5.74) is 4.07. The van der Waals surface area contributed by atoms with Crippen LogP contribution in [0.1, 0.15) is 106 Å². The molecular weight excluding hydrogens is 304 g/mol. The van der Waals surface area contributed by atoms with E-state index in [4.69, 9.17) is 0 Å². The minimum Gasteiger partial charge on any atom is -0.507 e. The van der Waals surface area contributed by atoms with Gasteiger partial charge in [0.2, 0.25) is 0 Å². The zero-order valence-corrected chi connectivity index (χ0v) is 18.7. The molecule has 0 saturated heterocycles. The van der Waals surface area contributed by atoms with Crippen molar-refractivity contribution >= 4 is 0 Å². The average Bonchev–Trinajstić information content (AvgIpc) is 2.32. The van der Waals surface area contributed by atoms with Crippen LogP contribution in [0.15, 0.2) is 12.1 Å². The Bertz CT molecular complexity index is 592. The van der Waals surface area contributed by atoms with Crippen molar-refractivity contribution in [3.05, 3.63) is 28.8 Å². The van der Waals surface area contributed by atoms with Crippen molar-refractivity contribution in [3.63, 3.8) is 0 Å². The molecule has 0 radical (unpaired) electrons. The van der Waals surface area contributed by atoms with E-state index in [0.717, 1.165) is 30.4 Å². The molecule has 1 rings (SSSR count). The fourth-order valence-electron chi connectivity index (χ4n) is 4.72. The number of rotatable bonds is 5. The molecule has 0 aliphatic carbocycles. The number of aromatic hydroxyl groups is 1. The molecular formula is C24H42O. The van der Waals surface area contributed by atoms with Gasteiger partial charge in [0.25, 0.3) is 0 Å². The van der Waals surface area contributed by atoms with Crippen molar-refractivity contribution in [3.8, 4) is 5.75 Å². The molecule has 0 spiro atoms. The van der Waals surface area contributed by atoms with Gasteiger partial charge in [-0.05, 0) is 52.0 Å². The van der Waals surface area contributed by atoms with Gasteiger partial charge in [0.1, 0.15) is 5.75 Å². The van der Waals surface area contributed by atoms with E-state index in [9.17, 15) is 5.11 Å². The number of phenols is 1. The first-order valence-electron chi connectivity index (χ1n) is 9.85. The van der Waals surface area contributed by atoms with E-state index in [-0.39, 0.29) is 21.7 Å². The molecule has 144 valence electrons. The van der Waals surface area contributed by atoms with Gasteiger partial charge in [-0.3, -0.25) is 0 Å². The molecule has 1 nitrogen and oxygen atoms in total. The highest BCUT2D eigenvalue weighted by atomic mass is 16.3. The molecule has 0 amide bonds. The van der Waals surface area contributed by atoms with Crippen LogP contribution in [0.25, 0.3) is 0 Å². The van der Waals surface area contributed by atoms with Crippen LogP contribution in [-0.2, 0) is 17.3 Å². The van der Waals surface area contributed by atoms with Crippen LogP contribution < -0.4 is 0 Å². The lowest BCUT2D eigenvalue weighted by Crippen LogP contribution is -2.28. The quantitative estimate of drug-likeness (QED) is 0.589. The number of phenolic OH excluding ortho intramolecular Hbond substituents is 1. The van der Waals surface area contributed by atoms with Gasteiger partial charge in [0, 0.05) is 5.56 Å². The van der Waals surface area contributed by atoms with Gasteiger partial charge >= 0.3 is 0 Å². The summed E-state index contributed by atoms with van der Waals surface area (Å²) in [6.45, 7) is 25.1. The molecule has 0 aromatic heterocycles. The lowest BCUT2D eigenvalue weighted by Gasteiger charge is -2.37. The van der Waals surface area contributed by atoms with Crippen LogP contribution in [0, 0.1) is 10.8 Å². The fourth-order valence-corrected chi connectivity index (χ4v) is 4.72. The van der Waals surface area contributed by atoms with Crippen LogP contribution >= 0.6 is 0 Å². The lowest BCUT2D eigenvalue weighted by molar-refractivity contribution is 0.274. The predicted octanol–water partition coefficient (Wildman–Crippen LogP) is 7.38. The second-order valence-electron chi connectivity index (χ2n) is 11.6. The van der Waals surface area contributed by atoms with Crippen LogP contribution in [0.3, 0.4) is 0 Å². The zero-order chi connectivity index (χ0) is 19.8. The highest BCUT2D eigenvalue weighted by molar-refractivity contribution is 5.49. The first kappa shape index (κ1) is 22.1. The third kappa shape index (κ3) is 6.04. The van der Waals surface area contributed by atoms with E-state index in [1.54, 1.807) is 0 Å². The third-order valence-corrected chi connectivity index (χ3v) is 5.02. The van der Waals surface area contributed by atoms with Gasteiger partial charge < -0.3 is 5.11 Å². The summed E-state index contributed by atoms with van der Waals surface area (Å²) in [5.74, 6) is 0.507. The Morgan fingerprint density at radius 2 is 1.16 bits per heavy atom. The predicted molar refractivity (Wildman–Crippen MR) is 112 cm³/mol. The highest BCUT2D eigenvalue weighted by Gasteiger charge is 2.33. The summed E-state index contributed by atoms with van der Waals surface area (Å²) in [6, 6.07) is 4.52. The van der Waals surface area contributed by atoms with Crippen molar-refractivity contribution < 1.29 is 5.11 Å². The van der Waals surface area contributed by atoms with Gasteiger partial charge in [-0.2, -0.15) is 0 Å². The van der Waals surface area contributed by atoms with Crippen LogP contribution in [0.2, 0.25) is 0 Å².